The van der Waals surface area contributed by atoms with Gasteiger partial charge in [-0.05, 0) is 40.7 Å². The predicted molar refractivity (Wildman–Crippen MR) is 133 cm³/mol. The van der Waals surface area contributed by atoms with Crippen LogP contribution in [0.25, 0.3) is 22.7 Å². The van der Waals surface area contributed by atoms with E-state index in [0.717, 1.165) is 4.40 Å². The molecule has 0 aromatic carbocycles. The number of nitrogens with zero attached hydrogens (tertiary/aromatic N) is 7. The van der Waals surface area contributed by atoms with Gasteiger partial charge in [0.05, 0.1) is 11.4 Å². The Hall–Kier alpha value is -4.09. The summed E-state index contributed by atoms with van der Waals surface area (Å²) in [6.45, 7) is 10.3. The molecule has 0 saturated carbocycles. The number of piperazine rings is 1. The Morgan fingerprint density at radius 2 is 1.76 bits per heavy atom. The third kappa shape index (κ3) is 4.70. The Bertz CT molecular complexity index is 1590. The van der Waals surface area contributed by atoms with Crippen molar-refractivity contribution in [2.45, 2.75) is 46.3 Å². The maximum Gasteiger partial charge on any atom is 0.410 e. The number of hydrogen-bond donors (Lipinski definition) is 0. The average Bonchev–Trinajstić information content (AvgIpc) is 3.19. The molecular formula is C25H27F2N7O3. The summed E-state index contributed by atoms with van der Waals surface area (Å²) in [6.07, 6.45) is 4.25. The number of anilines is 1. The van der Waals surface area contributed by atoms with Crippen molar-refractivity contribution in [1.29, 1.82) is 0 Å². The summed E-state index contributed by atoms with van der Waals surface area (Å²) < 4.78 is 37.8. The maximum atomic E-state index is 15.3. The van der Waals surface area contributed by atoms with Gasteiger partial charge in [0.1, 0.15) is 5.60 Å². The van der Waals surface area contributed by atoms with E-state index < -0.39 is 29.0 Å². The van der Waals surface area contributed by atoms with Crippen LogP contribution in [0.2, 0.25) is 0 Å². The monoisotopic (exact) mass is 511 g/mol. The number of carbonyl (C=O) groups excluding carboxylic acids is 1. The molecule has 37 heavy (non-hydrogen) atoms. The number of halogens is 2. The van der Waals surface area contributed by atoms with E-state index in [1.807, 2.05) is 32.6 Å². The zero-order chi connectivity index (χ0) is 26.6. The summed E-state index contributed by atoms with van der Waals surface area (Å²) in [5.74, 6) is -1.42. The molecule has 0 radical (unpaired) electrons. The summed E-state index contributed by atoms with van der Waals surface area (Å²) >= 11 is 0. The smallest absolute Gasteiger partial charge is 0.410 e. The van der Waals surface area contributed by atoms with Crippen LogP contribution < -0.4 is 10.6 Å². The van der Waals surface area contributed by atoms with Crippen molar-refractivity contribution in [3.8, 4) is 11.4 Å². The first kappa shape index (κ1) is 24.6. The highest BCUT2D eigenvalue weighted by Gasteiger charge is 2.31. The van der Waals surface area contributed by atoms with Gasteiger partial charge in [-0.3, -0.25) is 0 Å². The lowest BCUT2D eigenvalue weighted by molar-refractivity contribution is 0.0159. The number of amides is 1. The number of aryl methyl sites for hydroxylation is 1. The van der Waals surface area contributed by atoms with Crippen LogP contribution in [0.5, 0.6) is 0 Å². The molecule has 5 heterocycles. The van der Waals surface area contributed by atoms with E-state index in [1.165, 1.54) is 22.7 Å². The zero-order valence-corrected chi connectivity index (χ0v) is 21.2. The lowest BCUT2D eigenvalue weighted by atomic mass is 10.1. The second-order valence-corrected chi connectivity index (χ2v) is 10.2. The van der Waals surface area contributed by atoms with Gasteiger partial charge in [0.15, 0.2) is 28.8 Å². The van der Waals surface area contributed by atoms with E-state index in [9.17, 15) is 14.0 Å². The van der Waals surface area contributed by atoms with Crippen molar-refractivity contribution in [3.05, 3.63) is 58.5 Å². The molecule has 0 aliphatic carbocycles. The molecule has 194 valence electrons. The topological polar surface area (TPSA) is 97.3 Å². The summed E-state index contributed by atoms with van der Waals surface area (Å²) in [5, 5.41) is 0. The van der Waals surface area contributed by atoms with E-state index >= 15 is 4.39 Å². The summed E-state index contributed by atoms with van der Waals surface area (Å²) in [4.78, 5) is 41.2. The van der Waals surface area contributed by atoms with Gasteiger partial charge in [0.25, 0.3) is 0 Å². The van der Waals surface area contributed by atoms with Gasteiger partial charge in [-0.15, -0.1) is 0 Å². The predicted octanol–water partition coefficient (Wildman–Crippen LogP) is 3.44. The van der Waals surface area contributed by atoms with Crippen molar-refractivity contribution in [1.82, 2.24) is 28.7 Å². The number of ether oxygens (including phenoxy) is 1. The molecule has 1 unspecified atom stereocenters. The third-order valence-electron chi connectivity index (χ3n) is 6.10. The highest BCUT2D eigenvalue weighted by atomic mass is 19.1. The molecule has 1 aliphatic heterocycles. The van der Waals surface area contributed by atoms with Gasteiger partial charge in [0.2, 0.25) is 0 Å². The molecular weight excluding hydrogens is 484 g/mol. The molecule has 4 aromatic heterocycles. The lowest BCUT2D eigenvalue weighted by Crippen LogP contribution is -2.55. The summed E-state index contributed by atoms with van der Waals surface area (Å²) in [7, 11) is 0. The molecule has 12 heteroatoms. The van der Waals surface area contributed by atoms with Crippen molar-refractivity contribution in [3.63, 3.8) is 0 Å². The van der Waals surface area contributed by atoms with Crippen LogP contribution in [0.4, 0.5) is 19.3 Å². The SMILES string of the molecule is Cc1cn2cc(-c3nc(=O)n4cc(N5CCN(C(=O)OC(C)(C)C)C(C)C5)cc(F)c4n3)cc(F)c2n1. The Balaban J connectivity index is 1.45. The number of fused-ring (bicyclic) bond motifs is 2. The molecule has 1 aliphatic rings. The van der Waals surface area contributed by atoms with Gasteiger partial charge in [-0.1, -0.05) is 0 Å². The van der Waals surface area contributed by atoms with Gasteiger partial charge >= 0.3 is 11.8 Å². The fraction of sp³-hybridized carbons (Fsp3) is 0.400. The van der Waals surface area contributed by atoms with Crippen LogP contribution >= 0.6 is 0 Å². The fourth-order valence-corrected chi connectivity index (χ4v) is 4.45. The van der Waals surface area contributed by atoms with Crippen molar-refractivity contribution in [2.24, 2.45) is 0 Å². The molecule has 10 nitrogen and oxygen atoms in total. The number of imidazole rings is 1. The molecule has 1 fully saturated rings. The van der Waals surface area contributed by atoms with Gasteiger partial charge in [-0.2, -0.15) is 4.98 Å². The first-order valence-electron chi connectivity index (χ1n) is 11.9. The molecule has 1 atom stereocenters. The molecule has 1 amide bonds. The molecule has 4 aromatic rings. The van der Waals surface area contributed by atoms with Crippen molar-refractivity contribution < 1.29 is 18.3 Å². The van der Waals surface area contributed by atoms with Crippen molar-refractivity contribution in [2.75, 3.05) is 24.5 Å². The van der Waals surface area contributed by atoms with E-state index in [2.05, 4.69) is 15.0 Å². The van der Waals surface area contributed by atoms with Crippen LogP contribution in [0.3, 0.4) is 0 Å². The number of pyridine rings is 2. The average molecular weight is 512 g/mol. The molecule has 0 N–H and O–H groups in total. The largest absolute Gasteiger partial charge is 0.444 e. The highest BCUT2D eigenvalue weighted by molar-refractivity contribution is 5.69. The Labute approximate surface area is 211 Å². The first-order chi connectivity index (χ1) is 17.4. The van der Waals surface area contributed by atoms with E-state index in [-0.39, 0.29) is 28.7 Å². The van der Waals surface area contributed by atoms with Crippen LogP contribution in [-0.4, -0.2) is 66.0 Å². The van der Waals surface area contributed by atoms with Gasteiger partial charge < -0.3 is 18.9 Å². The second kappa shape index (κ2) is 8.79. The Morgan fingerprint density at radius 1 is 1.03 bits per heavy atom. The van der Waals surface area contributed by atoms with Crippen LogP contribution in [0.15, 0.2) is 35.5 Å². The van der Waals surface area contributed by atoms with Crippen molar-refractivity contribution >= 4 is 23.1 Å². The first-order valence-corrected chi connectivity index (χ1v) is 11.9. The Morgan fingerprint density at radius 3 is 2.46 bits per heavy atom. The van der Waals surface area contributed by atoms with Crippen LogP contribution in [0, 0.1) is 18.6 Å². The molecule has 0 bridgehead atoms. The van der Waals surface area contributed by atoms with Gasteiger partial charge in [-0.25, -0.2) is 32.7 Å². The Kier molecular flexibility index (Phi) is 5.84. The normalized spacial score (nSPS) is 16.6. The minimum atomic E-state index is -0.747. The second-order valence-electron chi connectivity index (χ2n) is 10.2. The number of aromatic nitrogens is 5. The number of carbonyl (C=O) groups is 1. The van der Waals surface area contributed by atoms with Gasteiger partial charge in [0, 0.05) is 55.9 Å². The minimum absolute atomic E-state index is 0.0941. The lowest BCUT2D eigenvalue weighted by Gasteiger charge is -2.41. The minimum Gasteiger partial charge on any atom is -0.444 e. The maximum absolute atomic E-state index is 15.3. The van der Waals surface area contributed by atoms with E-state index in [0.29, 0.717) is 31.0 Å². The quantitative estimate of drug-likeness (QED) is 0.407. The molecule has 5 rings (SSSR count). The molecule has 1 saturated heterocycles. The van der Waals surface area contributed by atoms with E-state index in [1.54, 1.807) is 24.2 Å². The standard InChI is InChI=1S/C25H27F2N7O3/c1-14-10-32-12-16(8-18(26)21(32)28-14)20-29-22-19(27)9-17(13-34(22)23(35)30-20)31-6-7-33(15(2)11-31)24(36)37-25(3,4)5/h8-10,12-13,15H,6-7,11H2,1-5H3. The summed E-state index contributed by atoms with van der Waals surface area (Å²) in [6, 6.07) is 2.27. The fourth-order valence-electron chi connectivity index (χ4n) is 4.45. The van der Waals surface area contributed by atoms with E-state index in [4.69, 9.17) is 4.74 Å². The van der Waals surface area contributed by atoms with Crippen LogP contribution in [-0.2, 0) is 4.74 Å². The highest BCUT2D eigenvalue weighted by Crippen LogP contribution is 2.24. The summed E-state index contributed by atoms with van der Waals surface area (Å²) in [5.41, 5.74) is -0.140. The van der Waals surface area contributed by atoms with Crippen LogP contribution in [0.1, 0.15) is 33.4 Å². The zero-order valence-electron chi connectivity index (χ0n) is 21.2. The number of rotatable bonds is 2. The molecule has 0 spiro atoms. The third-order valence-corrected chi connectivity index (χ3v) is 6.10. The number of hydrogen-bond acceptors (Lipinski definition) is 7.